The molecule has 0 amide bonds. The molecule has 0 radical (unpaired) electrons. The molecule has 0 aliphatic rings. The van der Waals surface area contributed by atoms with E-state index in [2.05, 4.69) is 15.9 Å². The molecule has 0 fully saturated rings. The maximum absolute atomic E-state index is 10.8. The van der Waals surface area contributed by atoms with Crippen LogP contribution in [-0.2, 0) is 11.4 Å². The molecule has 106 valence electrons. The van der Waals surface area contributed by atoms with Crippen LogP contribution in [0, 0.1) is 0 Å². The molecule has 4 heteroatoms. The first kappa shape index (κ1) is 14.3. The largest absolute Gasteiger partial charge is 0.489 e. The summed E-state index contributed by atoms with van der Waals surface area (Å²) >= 11 is 4.96. The minimum atomic E-state index is -0.233. The van der Waals surface area contributed by atoms with Gasteiger partial charge in [-0.05, 0) is 35.2 Å². The summed E-state index contributed by atoms with van der Waals surface area (Å²) in [5.41, 5.74) is 1.14. The first-order valence-electron chi connectivity index (χ1n) is 6.56. The van der Waals surface area contributed by atoms with Crippen molar-refractivity contribution in [1.82, 2.24) is 0 Å². The average molecular weight is 361 g/mol. The van der Waals surface area contributed by atoms with Crippen molar-refractivity contribution in [3.8, 4) is 5.75 Å². The van der Waals surface area contributed by atoms with E-state index < -0.39 is 0 Å². The van der Waals surface area contributed by atoms with Crippen LogP contribution < -0.4 is 4.74 Å². The summed E-state index contributed by atoms with van der Waals surface area (Å²) in [6, 6.07) is 18.1. The van der Waals surface area contributed by atoms with E-state index in [1.54, 1.807) is 11.3 Å². The minimum Gasteiger partial charge on any atom is -0.489 e. The van der Waals surface area contributed by atoms with Gasteiger partial charge in [0.2, 0.25) is 0 Å². The van der Waals surface area contributed by atoms with Crippen LogP contribution >= 0.6 is 27.3 Å². The second-order valence-corrected chi connectivity index (χ2v) is 6.76. The van der Waals surface area contributed by atoms with Gasteiger partial charge in [-0.15, -0.1) is 11.3 Å². The molecule has 1 atom stereocenters. The summed E-state index contributed by atoms with van der Waals surface area (Å²) in [4.78, 5) is 11.6. The van der Waals surface area contributed by atoms with Crippen molar-refractivity contribution in [1.29, 1.82) is 0 Å². The van der Waals surface area contributed by atoms with E-state index in [1.165, 1.54) is 0 Å². The van der Waals surface area contributed by atoms with Gasteiger partial charge in [0.25, 0.3) is 0 Å². The lowest BCUT2D eigenvalue weighted by molar-refractivity contribution is -0.107. The molecular formula is C17H13BrO2S. The van der Waals surface area contributed by atoms with Crippen LogP contribution in [0.15, 0.2) is 54.6 Å². The predicted octanol–water partition coefficient (Wildman–Crippen LogP) is 5.12. The Bertz CT molecular complexity index is 752. The fraction of sp³-hybridized carbons (Fsp3) is 0.118. The number of carbonyl (C=O) groups is 1. The van der Waals surface area contributed by atoms with Crippen LogP contribution in [0.5, 0.6) is 5.75 Å². The van der Waals surface area contributed by atoms with Gasteiger partial charge in [-0.2, -0.15) is 0 Å². The summed E-state index contributed by atoms with van der Waals surface area (Å²) in [5.74, 6) is 0.844. The van der Waals surface area contributed by atoms with E-state index in [4.69, 9.17) is 4.74 Å². The Morgan fingerprint density at radius 1 is 1.14 bits per heavy atom. The Labute approximate surface area is 135 Å². The first-order chi connectivity index (χ1) is 10.3. The first-order valence-corrected chi connectivity index (χ1v) is 8.29. The molecule has 3 aromatic rings. The Balaban J connectivity index is 1.79. The minimum absolute atomic E-state index is 0.233. The molecule has 0 bridgehead atoms. The van der Waals surface area contributed by atoms with Crippen molar-refractivity contribution in [2.24, 2.45) is 0 Å². The molecule has 0 aliphatic carbocycles. The molecule has 0 spiro atoms. The lowest BCUT2D eigenvalue weighted by atomic mass is 10.2. The zero-order chi connectivity index (χ0) is 14.7. The standard InChI is InChI=1S/C17H13BrO2S/c18-15(10-19)17-8-13-6-7-14(9-16(13)21-17)20-11-12-4-2-1-3-5-12/h1-10,15H,11H2. The quantitative estimate of drug-likeness (QED) is 0.466. The summed E-state index contributed by atoms with van der Waals surface area (Å²) < 4.78 is 6.95. The zero-order valence-electron chi connectivity index (χ0n) is 11.2. The Kier molecular flexibility index (Phi) is 4.36. The van der Waals surface area contributed by atoms with Crippen LogP contribution in [0.1, 0.15) is 15.3 Å². The molecular weight excluding hydrogens is 348 g/mol. The van der Waals surface area contributed by atoms with E-state index >= 15 is 0 Å². The number of halogens is 1. The number of thiophene rings is 1. The molecule has 3 rings (SSSR count). The number of fused-ring (bicyclic) bond motifs is 1. The van der Waals surface area contributed by atoms with Gasteiger partial charge in [-0.3, -0.25) is 0 Å². The SMILES string of the molecule is O=CC(Br)c1cc2ccc(OCc3ccccc3)cc2s1. The molecule has 1 aromatic heterocycles. The van der Waals surface area contributed by atoms with Gasteiger partial charge in [0.05, 0.1) is 0 Å². The highest BCUT2D eigenvalue weighted by Gasteiger charge is 2.10. The maximum atomic E-state index is 10.8. The highest BCUT2D eigenvalue weighted by atomic mass is 79.9. The predicted molar refractivity (Wildman–Crippen MR) is 90.3 cm³/mol. The number of carbonyl (C=O) groups excluding carboxylic acids is 1. The van der Waals surface area contributed by atoms with E-state index in [0.29, 0.717) is 6.61 Å². The number of rotatable bonds is 5. The topological polar surface area (TPSA) is 26.3 Å². The number of hydrogen-bond donors (Lipinski definition) is 0. The molecule has 1 unspecified atom stereocenters. The molecule has 2 nitrogen and oxygen atoms in total. The highest BCUT2D eigenvalue weighted by Crippen LogP contribution is 2.34. The monoisotopic (exact) mass is 360 g/mol. The Hall–Kier alpha value is -1.65. The molecule has 2 aromatic carbocycles. The lowest BCUT2D eigenvalue weighted by Crippen LogP contribution is -1.94. The van der Waals surface area contributed by atoms with Gasteiger partial charge >= 0.3 is 0 Å². The van der Waals surface area contributed by atoms with Gasteiger partial charge in [0.15, 0.2) is 0 Å². The van der Waals surface area contributed by atoms with Crippen molar-refractivity contribution < 1.29 is 9.53 Å². The highest BCUT2D eigenvalue weighted by molar-refractivity contribution is 9.09. The Morgan fingerprint density at radius 2 is 1.95 bits per heavy atom. The number of hydrogen-bond acceptors (Lipinski definition) is 3. The van der Waals surface area contributed by atoms with Gasteiger partial charge in [0, 0.05) is 9.58 Å². The second kappa shape index (κ2) is 6.41. The van der Waals surface area contributed by atoms with Crippen molar-refractivity contribution in [3.05, 3.63) is 65.0 Å². The van der Waals surface area contributed by atoms with Gasteiger partial charge in [-0.1, -0.05) is 46.3 Å². The third-order valence-corrected chi connectivity index (χ3v) is 5.34. The van der Waals surface area contributed by atoms with Gasteiger partial charge < -0.3 is 9.53 Å². The smallest absolute Gasteiger partial charge is 0.138 e. The van der Waals surface area contributed by atoms with E-state index in [-0.39, 0.29) is 4.83 Å². The summed E-state index contributed by atoms with van der Waals surface area (Å²) in [6.45, 7) is 0.556. The van der Waals surface area contributed by atoms with Crippen LogP contribution in [0.2, 0.25) is 0 Å². The van der Waals surface area contributed by atoms with Crippen molar-refractivity contribution in [2.75, 3.05) is 0 Å². The molecule has 0 saturated heterocycles. The number of aldehydes is 1. The molecule has 0 aliphatic heterocycles. The summed E-state index contributed by atoms with van der Waals surface area (Å²) in [6.07, 6.45) is 0.900. The van der Waals surface area contributed by atoms with E-state index in [0.717, 1.165) is 32.6 Å². The molecule has 0 saturated carbocycles. The average Bonchev–Trinajstić information content (AvgIpc) is 2.96. The zero-order valence-corrected chi connectivity index (χ0v) is 13.6. The van der Waals surface area contributed by atoms with Crippen LogP contribution in [0.25, 0.3) is 10.1 Å². The fourth-order valence-electron chi connectivity index (χ4n) is 2.07. The van der Waals surface area contributed by atoms with Crippen molar-refractivity contribution >= 4 is 43.6 Å². The van der Waals surface area contributed by atoms with Crippen LogP contribution in [-0.4, -0.2) is 6.29 Å². The second-order valence-electron chi connectivity index (χ2n) is 4.66. The van der Waals surface area contributed by atoms with Crippen LogP contribution in [0.3, 0.4) is 0 Å². The van der Waals surface area contributed by atoms with Gasteiger partial charge in [0.1, 0.15) is 23.5 Å². The summed E-state index contributed by atoms with van der Waals surface area (Å²) in [7, 11) is 0. The van der Waals surface area contributed by atoms with Crippen LogP contribution in [0.4, 0.5) is 0 Å². The Morgan fingerprint density at radius 3 is 2.71 bits per heavy atom. The molecule has 21 heavy (non-hydrogen) atoms. The number of alkyl halides is 1. The van der Waals surface area contributed by atoms with Crippen molar-refractivity contribution in [3.63, 3.8) is 0 Å². The summed E-state index contributed by atoms with van der Waals surface area (Å²) in [5, 5.41) is 1.13. The fourth-order valence-corrected chi connectivity index (χ4v) is 3.51. The van der Waals surface area contributed by atoms with E-state index in [9.17, 15) is 4.79 Å². The maximum Gasteiger partial charge on any atom is 0.138 e. The van der Waals surface area contributed by atoms with Crippen molar-refractivity contribution in [2.45, 2.75) is 11.4 Å². The lowest BCUT2D eigenvalue weighted by Gasteiger charge is -2.06. The third kappa shape index (κ3) is 3.34. The van der Waals surface area contributed by atoms with Gasteiger partial charge in [-0.25, -0.2) is 0 Å². The van der Waals surface area contributed by atoms with E-state index in [1.807, 2.05) is 54.6 Å². The molecule has 0 N–H and O–H groups in total. The number of benzene rings is 2. The number of ether oxygens (including phenoxy) is 1. The third-order valence-electron chi connectivity index (χ3n) is 3.15. The molecule has 1 heterocycles. The normalized spacial score (nSPS) is 12.2.